The molecule has 0 amide bonds. The van der Waals surface area contributed by atoms with Gasteiger partial charge in [-0.3, -0.25) is 0 Å². The zero-order valence-electron chi connectivity index (χ0n) is 3.96. The van der Waals surface area contributed by atoms with Gasteiger partial charge in [0.1, 0.15) is 0 Å². The SMILES string of the molecule is O=C([O-])CS/C=C/Cl. The van der Waals surface area contributed by atoms with E-state index in [4.69, 9.17) is 11.6 Å². The summed E-state index contributed by atoms with van der Waals surface area (Å²) in [6.45, 7) is 0. The van der Waals surface area contributed by atoms with E-state index in [9.17, 15) is 9.90 Å². The number of rotatable bonds is 3. The molecule has 0 saturated heterocycles. The predicted molar refractivity (Wildman–Crippen MR) is 32.5 cm³/mol. The van der Waals surface area contributed by atoms with Crippen LogP contribution in [-0.2, 0) is 4.79 Å². The molecular formula is C4H4ClO2S-. The Hall–Kier alpha value is -0.150. The first kappa shape index (κ1) is 7.85. The van der Waals surface area contributed by atoms with Crippen LogP contribution in [0.1, 0.15) is 0 Å². The Morgan fingerprint density at radius 2 is 2.50 bits per heavy atom. The van der Waals surface area contributed by atoms with Crippen molar-refractivity contribution in [2.45, 2.75) is 0 Å². The lowest BCUT2D eigenvalue weighted by Gasteiger charge is -1.93. The highest BCUT2D eigenvalue weighted by Gasteiger charge is 1.79. The van der Waals surface area contributed by atoms with Gasteiger partial charge >= 0.3 is 0 Å². The maximum atomic E-state index is 9.67. The standard InChI is InChI=1S/C4H5ClO2S/c5-1-2-8-3-4(6)7/h1-2H,3H2,(H,6,7)/p-1/b2-1+. The molecule has 0 N–H and O–H groups in total. The molecule has 0 atom stereocenters. The van der Waals surface area contributed by atoms with Gasteiger partial charge in [-0.25, -0.2) is 0 Å². The molecule has 0 radical (unpaired) electrons. The molecule has 8 heavy (non-hydrogen) atoms. The van der Waals surface area contributed by atoms with Gasteiger partial charge < -0.3 is 9.90 Å². The van der Waals surface area contributed by atoms with Crippen molar-refractivity contribution < 1.29 is 9.90 Å². The van der Waals surface area contributed by atoms with Crippen LogP contribution in [0.3, 0.4) is 0 Å². The second-order valence-corrected chi connectivity index (χ2v) is 2.09. The fraction of sp³-hybridized carbons (Fsp3) is 0.250. The molecule has 0 fully saturated rings. The van der Waals surface area contributed by atoms with E-state index >= 15 is 0 Å². The van der Waals surface area contributed by atoms with Crippen LogP contribution in [-0.4, -0.2) is 11.7 Å². The smallest absolute Gasteiger partial charge is 0.0516 e. The highest BCUT2D eigenvalue weighted by molar-refractivity contribution is 8.02. The van der Waals surface area contributed by atoms with Crippen molar-refractivity contribution in [3.63, 3.8) is 0 Å². The van der Waals surface area contributed by atoms with E-state index in [0.717, 1.165) is 11.8 Å². The number of thioether (sulfide) groups is 1. The average Bonchev–Trinajstić information content (AvgIpc) is 1.66. The van der Waals surface area contributed by atoms with Gasteiger partial charge in [-0.1, -0.05) is 11.6 Å². The number of hydrogen-bond donors (Lipinski definition) is 0. The lowest BCUT2D eigenvalue weighted by molar-refractivity contribution is -0.301. The number of carbonyl (C=O) groups excluding carboxylic acids is 1. The fourth-order valence-electron chi connectivity index (χ4n) is 0.153. The van der Waals surface area contributed by atoms with Gasteiger partial charge in [0, 0.05) is 11.3 Å². The topological polar surface area (TPSA) is 40.1 Å². The van der Waals surface area contributed by atoms with Crippen molar-refractivity contribution in [1.29, 1.82) is 0 Å². The molecule has 4 heteroatoms. The van der Waals surface area contributed by atoms with Crippen molar-refractivity contribution >= 4 is 29.3 Å². The third-order valence-corrected chi connectivity index (χ3v) is 1.36. The Balaban J connectivity index is 3.05. The van der Waals surface area contributed by atoms with Gasteiger partial charge in [0.05, 0.1) is 5.97 Å². The summed E-state index contributed by atoms with van der Waals surface area (Å²) in [6.07, 6.45) is 0. The van der Waals surface area contributed by atoms with Crippen LogP contribution in [0.2, 0.25) is 0 Å². The fourth-order valence-corrected chi connectivity index (χ4v) is 0.676. The summed E-state index contributed by atoms with van der Waals surface area (Å²) in [6, 6.07) is 0. The highest BCUT2D eigenvalue weighted by Crippen LogP contribution is 2.00. The van der Waals surface area contributed by atoms with Crippen LogP contribution in [0.25, 0.3) is 0 Å². The number of aliphatic carboxylic acids is 1. The van der Waals surface area contributed by atoms with Crippen molar-refractivity contribution in [2.75, 3.05) is 5.75 Å². The Labute approximate surface area is 56.5 Å². The van der Waals surface area contributed by atoms with Crippen LogP contribution in [0, 0.1) is 0 Å². The van der Waals surface area contributed by atoms with Crippen LogP contribution in [0.5, 0.6) is 0 Å². The Bertz CT molecular complexity index is 102. The summed E-state index contributed by atoms with van der Waals surface area (Å²) in [5.74, 6) is -1.12. The molecule has 0 rings (SSSR count). The lowest BCUT2D eigenvalue weighted by atomic mass is 10.8. The molecule has 2 nitrogen and oxygen atoms in total. The molecule has 0 aromatic heterocycles. The zero-order valence-corrected chi connectivity index (χ0v) is 5.54. The average molecular weight is 152 g/mol. The molecule has 0 unspecified atom stereocenters. The van der Waals surface area contributed by atoms with Gasteiger partial charge in [0.2, 0.25) is 0 Å². The summed E-state index contributed by atoms with van der Waals surface area (Å²) in [5.41, 5.74) is 1.26. The monoisotopic (exact) mass is 151 g/mol. The maximum Gasteiger partial charge on any atom is 0.0516 e. The first-order valence-corrected chi connectivity index (χ1v) is 3.32. The third-order valence-electron chi connectivity index (χ3n) is 0.349. The Kier molecular flexibility index (Phi) is 4.90. The first-order chi connectivity index (χ1) is 3.77. The summed E-state index contributed by atoms with van der Waals surface area (Å²) < 4.78 is 0. The molecule has 0 bridgehead atoms. The number of carboxylic acid groups (broad SMARTS) is 1. The number of carboxylic acids is 1. The summed E-state index contributed by atoms with van der Waals surface area (Å²) in [7, 11) is 0. The summed E-state index contributed by atoms with van der Waals surface area (Å²) in [5, 5.41) is 11.1. The third kappa shape index (κ3) is 5.85. The molecule has 0 aliphatic heterocycles. The molecule has 46 valence electrons. The lowest BCUT2D eigenvalue weighted by Crippen LogP contribution is -2.23. The molecule has 0 aromatic rings. The van der Waals surface area contributed by atoms with Crippen molar-refractivity contribution in [3.05, 3.63) is 10.9 Å². The van der Waals surface area contributed by atoms with E-state index in [-0.39, 0.29) is 5.75 Å². The van der Waals surface area contributed by atoms with Gasteiger partial charge in [0.25, 0.3) is 0 Å². The van der Waals surface area contributed by atoms with E-state index < -0.39 is 5.97 Å². The van der Waals surface area contributed by atoms with Crippen LogP contribution < -0.4 is 5.11 Å². The summed E-state index contributed by atoms with van der Waals surface area (Å²) >= 11 is 6.16. The largest absolute Gasteiger partial charge is 0.549 e. The normalized spacial score (nSPS) is 10.1. The minimum Gasteiger partial charge on any atom is -0.549 e. The molecule has 0 aliphatic carbocycles. The molecule has 0 aliphatic rings. The Morgan fingerprint density at radius 1 is 1.88 bits per heavy atom. The predicted octanol–water partition coefficient (Wildman–Crippen LogP) is 0.179. The van der Waals surface area contributed by atoms with Crippen LogP contribution >= 0.6 is 23.4 Å². The second kappa shape index (κ2) is 5.00. The van der Waals surface area contributed by atoms with Gasteiger partial charge in [-0.2, -0.15) is 0 Å². The first-order valence-electron chi connectivity index (χ1n) is 1.84. The Morgan fingerprint density at radius 3 is 2.88 bits per heavy atom. The number of halogens is 1. The van der Waals surface area contributed by atoms with E-state index in [0.29, 0.717) is 0 Å². The number of hydrogen-bond acceptors (Lipinski definition) is 3. The molecule has 0 saturated carbocycles. The molecule has 0 spiro atoms. The van der Waals surface area contributed by atoms with Crippen molar-refractivity contribution in [1.82, 2.24) is 0 Å². The van der Waals surface area contributed by atoms with E-state index in [1.165, 1.54) is 10.9 Å². The van der Waals surface area contributed by atoms with Crippen molar-refractivity contribution in [3.8, 4) is 0 Å². The highest BCUT2D eigenvalue weighted by atomic mass is 35.5. The maximum absolute atomic E-state index is 9.67. The minimum atomic E-state index is -1.08. The van der Waals surface area contributed by atoms with E-state index in [1.807, 2.05) is 0 Å². The minimum absolute atomic E-state index is 0.0385. The molecule has 0 aromatic carbocycles. The summed E-state index contributed by atoms with van der Waals surface area (Å²) in [4.78, 5) is 9.67. The van der Waals surface area contributed by atoms with Gasteiger partial charge in [-0.05, 0) is 5.41 Å². The van der Waals surface area contributed by atoms with Gasteiger partial charge in [0.15, 0.2) is 0 Å². The number of carbonyl (C=O) groups is 1. The van der Waals surface area contributed by atoms with E-state index in [1.54, 1.807) is 0 Å². The molecular weight excluding hydrogens is 148 g/mol. The molecule has 0 heterocycles. The van der Waals surface area contributed by atoms with Crippen molar-refractivity contribution in [2.24, 2.45) is 0 Å². The van der Waals surface area contributed by atoms with Crippen LogP contribution in [0.15, 0.2) is 10.9 Å². The quantitative estimate of drug-likeness (QED) is 0.578. The second-order valence-electron chi connectivity index (χ2n) is 0.945. The van der Waals surface area contributed by atoms with Gasteiger partial charge in [-0.15, -0.1) is 11.8 Å². The zero-order chi connectivity index (χ0) is 6.41. The van der Waals surface area contributed by atoms with Crippen LogP contribution in [0.4, 0.5) is 0 Å². The van der Waals surface area contributed by atoms with E-state index in [2.05, 4.69) is 0 Å².